The molecule has 94 valence electrons. The van der Waals surface area contributed by atoms with E-state index in [4.69, 9.17) is 5.73 Å². The third-order valence-corrected chi connectivity index (χ3v) is 3.43. The largest absolute Gasteiger partial charge is 0.391 e. The SMILES string of the molecule is CC1CCN(C(=O)C(N)C(C)(C)C)CC1O. The number of amides is 1. The minimum absolute atomic E-state index is 0.0431. The van der Waals surface area contributed by atoms with Gasteiger partial charge in [-0.2, -0.15) is 0 Å². The number of β-amino-alcohol motifs (C(OH)–C–C–N with tert-alkyl or cyclic N) is 1. The zero-order chi connectivity index (χ0) is 12.5. The minimum Gasteiger partial charge on any atom is -0.391 e. The first-order valence-electron chi connectivity index (χ1n) is 5.96. The average molecular weight is 228 g/mol. The highest BCUT2D eigenvalue weighted by Gasteiger charge is 2.34. The highest BCUT2D eigenvalue weighted by Crippen LogP contribution is 2.22. The van der Waals surface area contributed by atoms with Crippen LogP contribution >= 0.6 is 0 Å². The van der Waals surface area contributed by atoms with Crippen LogP contribution in [0, 0.1) is 11.3 Å². The van der Waals surface area contributed by atoms with E-state index in [-0.39, 0.29) is 17.2 Å². The van der Waals surface area contributed by atoms with Gasteiger partial charge < -0.3 is 15.7 Å². The number of hydrogen-bond donors (Lipinski definition) is 2. The van der Waals surface area contributed by atoms with Crippen LogP contribution in [0.2, 0.25) is 0 Å². The maximum Gasteiger partial charge on any atom is 0.240 e. The average Bonchev–Trinajstić information content (AvgIpc) is 2.18. The van der Waals surface area contributed by atoms with E-state index in [2.05, 4.69) is 0 Å². The van der Waals surface area contributed by atoms with Crippen LogP contribution in [0.25, 0.3) is 0 Å². The molecule has 3 atom stereocenters. The van der Waals surface area contributed by atoms with Gasteiger partial charge >= 0.3 is 0 Å². The number of carbonyl (C=O) groups excluding carboxylic acids is 1. The molecule has 1 aliphatic heterocycles. The highest BCUT2D eigenvalue weighted by molar-refractivity contribution is 5.82. The van der Waals surface area contributed by atoms with Crippen molar-refractivity contribution in [3.05, 3.63) is 0 Å². The molecule has 1 saturated heterocycles. The minimum atomic E-state index is -0.492. The molecule has 0 bridgehead atoms. The Bertz CT molecular complexity index is 260. The van der Waals surface area contributed by atoms with Crippen molar-refractivity contribution in [2.75, 3.05) is 13.1 Å². The molecule has 1 aliphatic rings. The molecule has 0 spiro atoms. The van der Waals surface area contributed by atoms with Crippen LogP contribution in [-0.4, -0.2) is 41.1 Å². The molecule has 0 aromatic carbocycles. The first-order valence-corrected chi connectivity index (χ1v) is 5.96. The Hall–Kier alpha value is -0.610. The predicted molar refractivity (Wildman–Crippen MR) is 63.8 cm³/mol. The van der Waals surface area contributed by atoms with E-state index < -0.39 is 12.1 Å². The second-order valence-corrected chi connectivity index (χ2v) is 5.96. The van der Waals surface area contributed by atoms with Crippen LogP contribution in [-0.2, 0) is 4.79 Å². The summed E-state index contributed by atoms with van der Waals surface area (Å²) in [6, 6.07) is -0.492. The molecule has 4 heteroatoms. The number of piperidine rings is 1. The van der Waals surface area contributed by atoms with Gasteiger partial charge in [0.2, 0.25) is 5.91 Å². The number of aliphatic hydroxyl groups is 1. The van der Waals surface area contributed by atoms with Crippen molar-refractivity contribution in [3.8, 4) is 0 Å². The molecule has 0 aromatic rings. The van der Waals surface area contributed by atoms with Crippen molar-refractivity contribution < 1.29 is 9.90 Å². The summed E-state index contributed by atoms with van der Waals surface area (Å²) in [4.78, 5) is 13.8. The summed E-state index contributed by atoms with van der Waals surface area (Å²) in [5.41, 5.74) is 5.70. The van der Waals surface area contributed by atoms with Gasteiger partial charge in [0.05, 0.1) is 12.1 Å². The normalized spacial score (nSPS) is 29.0. The molecular formula is C12H24N2O2. The fourth-order valence-electron chi connectivity index (χ4n) is 1.82. The third kappa shape index (κ3) is 2.95. The van der Waals surface area contributed by atoms with Crippen LogP contribution in [0.15, 0.2) is 0 Å². The van der Waals surface area contributed by atoms with Crippen molar-refractivity contribution in [1.82, 2.24) is 4.90 Å². The molecular weight excluding hydrogens is 204 g/mol. The fraction of sp³-hybridized carbons (Fsp3) is 0.917. The second-order valence-electron chi connectivity index (χ2n) is 5.96. The molecule has 3 unspecified atom stereocenters. The van der Waals surface area contributed by atoms with Crippen LogP contribution < -0.4 is 5.73 Å². The van der Waals surface area contributed by atoms with Crippen molar-refractivity contribution in [3.63, 3.8) is 0 Å². The van der Waals surface area contributed by atoms with Gasteiger partial charge in [-0.25, -0.2) is 0 Å². The first-order chi connectivity index (χ1) is 7.23. The standard InChI is InChI=1S/C12H24N2O2/c1-8-5-6-14(7-9(8)15)11(16)10(13)12(2,3)4/h8-10,15H,5-7,13H2,1-4H3. The number of nitrogens with zero attached hydrogens (tertiary/aromatic N) is 1. The molecule has 1 heterocycles. The van der Waals surface area contributed by atoms with Gasteiger partial charge in [0.25, 0.3) is 0 Å². The Morgan fingerprint density at radius 2 is 2.06 bits per heavy atom. The van der Waals surface area contributed by atoms with E-state index in [9.17, 15) is 9.90 Å². The van der Waals surface area contributed by atoms with Gasteiger partial charge in [0, 0.05) is 13.1 Å². The number of nitrogens with two attached hydrogens (primary N) is 1. The molecule has 0 aromatic heterocycles. The van der Waals surface area contributed by atoms with E-state index in [1.165, 1.54) is 0 Å². The number of likely N-dealkylation sites (tertiary alicyclic amines) is 1. The Labute approximate surface area is 97.8 Å². The van der Waals surface area contributed by atoms with Crippen molar-refractivity contribution >= 4 is 5.91 Å². The lowest BCUT2D eigenvalue weighted by atomic mass is 9.85. The molecule has 1 rings (SSSR count). The predicted octanol–water partition coefficient (Wildman–Crippen LogP) is 0.589. The number of aliphatic hydroxyl groups excluding tert-OH is 1. The van der Waals surface area contributed by atoms with E-state index in [0.29, 0.717) is 13.1 Å². The zero-order valence-corrected chi connectivity index (χ0v) is 10.7. The molecule has 1 fully saturated rings. The van der Waals surface area contributed by atoms with Gasteiger partial charge in [0.1, 0.15) is 0 Å². The maximum atomic E-state index is 12.1. The lowest BCUT2D eigenvalue weighted by Gasteiger charge is -2.38. The summed E-state index contributed by atoms with van der Waals surface area (Å²) in [6.07, 6.45) is 0.439. The van der Waals surface area contributed by atoms with Crippen molar-refractivity contribution in [2.24, 2.45) is 17.1 Å². The molecule has 4 nitrogen and oxygen atoms in total. The fourth-order valence-corrected chi connectivity index (χ4v) is 1.82. The van der Waals surface area contributed by atoms with Crippen LogP contribution in [0.5, 0.6) is 0 Å². The van der Waals surface area contributed by atoms with Crippen molar-refractivity contribution in [2.45, 2.75) is 46.3 Å². The van der Waals surface area contributed by atoms with E-state index in [0.717, 1.165) is 6.42 Å². The van der Waals surface area contributed by atoms with Gasteiger partial charge in [0.15, 0.2) is 0 Å². The van der Waals surface area contributed by atoms with Crippen LogP contribution in [0.1, 0.15) is 34.1 Å². The lowest BCUT2D eigenvalue weighted by Crippen LogP contribution is -2.55. The molecule has 3 N–H and O–H groups in total. The summed E-state index contributed by atoms with van der Waals surface area (Å²) in [6.45, 7) is 9.01. The number of carbonyl (C=O) groups is 1. The number of hydrogen-bond acceptors (Lipinski definition) is 3. The third-order valence-electron chi connectivity index (χ3n) is 3.43. The highest BCUT2D eigenvalue weighted by atomic mass is 16.3. The lowest BCUT2D eigenvalue weighted by molar-refractivity contribution is -0.139. The quantitative estimate of drug-likeness (QED) is 0.690. The summed E-state index contributed by atoms with van der Waals surface area (Å²) in [5, 5.41) is 9.75. The smallest absolute Gasteiger partial charge is 0.240 e. The van der Waals surface area contributed by atoms with Crippen LogP contribution in [0.4, 0.5) is 0 Å². The molecule has 16 heavy (non-hydrogen) atoms. The van der Waals surface area contributed by atoms with E-state index in [1.807, 2.05) is 27.7 Å². The summed E-state index contributed by atoms with van der Waals surface area (Å²) >= 11 is 0. The summed E-state index contributed by atoms with van der Waals surface area (Å²) in [5.74, 6) is 0.230. The summed E-state index contributed by atoms with van der Waals surface area (Å²) in [7, 11) is 0. The molecule has 0 radical (unpaired) electrons. The molecule has 1 amide bonds. The van der Waals surface area contributed by atoms with Crippen molar-refractivity contribution in [1.29, 1.82) is 0 Å². The Morgan fingerprint density at radius 3 is 2.50 bits per heavy atom. The Kier molecular flexibility index (Phi) is 3.97. The van der Waals surface area contributed by atoms with E-state index >= 15 is 0 Å². The van der Waals surface area contributed by atoms with Gasteiger partial charge in [-0.3, -0.25) is 4.79 Å². The van der Waals surface area contributed by atoms with Gasteiger partial charge in [-0.1, -0.05) is 27.7 Å². The van der Waals surface area contributed by atoms with Gasteiger partial charge in [-0.15, -0.1) is 0 Å². The molecule has 0 aliphatic carbocycles. The van der Waals surface area contributed by atoms with Gasteiger partial charge in [-0.05, 0) is 17.8 Å². The van der Waals surface area contributed by atoms with Crippen LogP contribution in [0.3, 0.4) is 0 Å². The second kappa shape index (κ2) is 4.72. The Balaban J connectivity index is 2.62. The maximum absolute atomic E-state index is 12.1. The topological polar surface area (TPSA) is 66.6 Å². The zero-order valence-electron chi connectivity index (χ0n) is 10.7. The first kappa shape index (κ1) is 13.5. The number of rotatable bonds is 1. The Morgan fingerprint density at radius 1 is 1.50 bits per heavy atom. The van der Waals surface area contributed by atoms with E-state index in [1.54, 1.807) is 4.90 Å². The molecule has 0 saturated carbocycles. The summed E-state index contributed by atoms with van der Waals surface area (Å²) < 4.78 is 0. The monoisotopic (exact) mass is 228 g/mol.